The first-order valence-corrected chi connectivity index (χ1v) is 5.96. The van der Waals surface area contributed by atoms with Crippen LogP contribution >= 0.6 is 0 Å². The molecule has 20 heavy (non-hydrogen) atoms. The van der Waals surface area contributed by atoms with Gasteiger partial charge in [0.25, 0.3) is 0 Å². The normalized spacial score (nSPS) is 13.7. The molecule has 5 heteroatoms. The quantitative estimate of drug-likeness (QED) is 0.468. The van der Waals surface area contributed by atoms with Crippen LogP contribution in [-0.4, -0.2) is 23.3 Å². The summed E-state index contributed by atoms with van der Waals surface area (Å²) in [5, 5.41) is 0. The summed E-state index contributed by atoms with van der Waals surface area (Å²) in [5.41, 5.74) is 0.611. The van der Waals surface area contributed by atoms with Crippen LogP contribution in [0.2, 0.25) is 0 Å². The molecule has 0 N–H and O–H groups in total. The second-order valence-corrected chi connectivity index (χ2v) is 4.57. The fourth-order valence-electron chi connectivity index (χ4n) is 2.02. The number of hydrogen-bond donors (Lipinski definition) is 0. The van der Waals surface area contributed by atoms with Crippen molar-refractivity contribution in [2.75, 3.05) is 0 Å². The van der Waals surface area contributed by atoms with Gasteiger partial charge in [-0.1, -0.05) is 0 Å². The number of ketones is 3. The zero-order valence-electron chi connectivity index (χ0n) is 11.3. The molecule has 0 aromatic heterocycles. The molecule has 0 fully saturated rings. The Labute approximate surface area is 115 Å². The number of fused-ring (bicyclic) bond motifs is 1. The van der Waals surface area contributed by atoms with Crippen molar-refractivity contribution >= 4 is 23.3 Å². The molecule has 0 bridgehead atoms. The first-order valence-electron chi connectivity index (χ1n) is 5.96. The van der Waals surface area contributed by atoms with Gasteiger partial charge in [-0.25, -0.2) is 0 Å². The Morgan fingerprint density at radius 1 is 1.10 bits per heavy atom. The lowest BCUT2D eigenvalue weighted by molar-refractivity contribution is -0.131. The van der Waals surface area contributed by atoms with Gasteiger partial charge in [0.2, 0.25) is 0 Å². The topological polar surface area (TPSA) is 77.5 Å². The number of carbonyl (C=O) groups excluding carboxylic acids is 4. The number of esters is 1. The minimum Gasteiger partial charge on any atom is -0.426 e. The van der Waals surface area contributed by atoms with Crippen molar-refractivity contribution in [1.82, 2.24) is 0 Å². The highest BCUT2D eigenvalue weighted by Crippen LogP contribution is 2.31. The summed E-state index contributed by atoms with van der Waals surface area (Å²) in [6.45, 7) is 4.03. The van der Waals surface area contributed by atoms with Gasteiger partial charge in [0.05, 0.1) is 5.56 Å². The number of carbonyl (C=O) groups is 4. The van der Waals surface area contributed by atoms with Crippen molar-refractivity contribution in [3.8, 4) is 5.75 Å². The largest absolute Gasteiger partial charge is 0.426 e. The maximum Gasteiger partial charge on any atom is 0.308 e. The van der Waals surface area contributed by atoms with E-state index < -0.39 is 5.97 Å². The van der Waals surface area contributed by atoms with Gasteiger partial charge in [-0.3, -0.25) is 19.2 Å². The Morgan fingerprint density at radius 2 is 1.75 bits per heavy atom. The van der Waals surface area contributed by atoms with Crippen molar-refractivity contribution in [3.05, 3.63) is 40.5 Å². The molecule has 0 atom stereocenters. The van der Waals surface area contributed by atoms with Crippen LogP contribution in [0, 0.1) is 0 Å². The highest BCUT2D eigenvalue weighted by Gasteiger charge is 2.29. The molecule has 0 saturated carbocycles. The third-order valence-electron chi connectivity index (χ3n) is 2.96. The van der Waals surface area contributed by atoms with E-state index in [4.69, 9.17) is 4.74 Å². The van der Waals surface area contributed by atoms with Crippen LogP contribution in [0.5, 0.6) is 5.75 Å². The van der Waals surface area contributed by atoms with E-state index in [2.05, 4.69) is 0 Å². The molecule has 0 saturated heterocycles. The number of Topliss-reactive ketones (excluding diaryl/α,β-unsaturated/α-hetero) is 2. The van der Waals surface area contributed by atoms with Crippen LogP contribution in [0.4, 0.5) is 0 Å². The van der Waals surface area contributed by atoms with E-state index in [1.165, 1.54) is 39.0 Å². The van der Waals surface area contributed by atoms with E-state index in [-0.39, 0.29) is 45.4 Å². The lowest BCUT2D eigenvalue weighted by atomic mass is 9.87. The predicted octanol–water partition coefficient (Wildman–Crippen LogP) is 2.14. The molecule has 1 aromatic rings. The van der Waals surface area contributed by atoms with E-state index in [0.717, 1.165) is 0 Å². The molecule has 0 radical (unpaired) electrons. The van der Waals surface area contributed by atoms with Crippen molar-refractivity contribution in [3.63, 3.8) is 0 Å². The van der Waals surface area contributed by atoms with E-state index in [9.17, 15) is 19.2 Å². The van der Waals surface area contributed by atoms with Crippen LogP contribution in [0.3, 0.4) is 0 Å². The molecule has 5 nitrogen and oxygen atoms in total. The molecule has 1 aromatic carbocycles. The van der Waals surface area contributed by atoms with Gasteiger partial charge >= 0.3 is 5.97 Å². The summed E-state index contributed by atoms with van der Waals surface area (Å²) in [5.74, 6) is -1.72. The van der Waals surface area contributed by atoms with E-state index in [1.54, 1.807) is 0 Å². The molecule has 0 unspecified atom stereocenters. The maximum absolute atomic E-state index is 12.1. The molecular weight excluding hydrogens is 260 g/mol. The van der Waals surface area contributed by atoms with E-state index in [0.29, 0.717) is 0 Å². The Hall–Kier alpha value is -2.56. The van der Waals surface area contributed by atoms with E-state index in [1.807, 2.05) is 0 Å². The van der Waals surface area contributed by atoms with E-state index >= 15 is 0 Å². The van der Waals surface area contributed by atoms with Crippen molar-refractivity contribution in [1.29, 1.82) is 0 Å². The summed E-state index contributed by atoms with van der Waals surface area (Å²) >= 11 is 0. The lowest BCUT2D eigenvalue weighted by Gasteiger charge is -2.17. The molecule has 102 valence electrons. The fraction of sp³-hybridized carbons (Fsp3) is 0.200. The van der Waals surface area contributed by atoms with Crippen LogP contribution < -0.4 is 4.74 Å². The Morgan fingerprint density at radius 3 is 2.30 bits per heavy atom. The third kappa shape index (κ3) is 2.30. The van der Waals surface area contributed by atoms with Gasteiger partial charge in [0, 0.05) is 23.6 Å². The molecule has 0 aliphatic heterocycles. The number of rotatable bonds is 2. The standard InChI is InChI=1S/C15H12O5/c1-7-4-12(18)11-5-10(8(2)16)6-13(20-9(3)17)14(11)15(7)19/h4-6H,1-3H3. The van der Waals surface area contributed by atoms with Gasteiger partial charge in [-0.05, 0) is 32.1 Å². The Bertz CT molecular complexity index is 694. The Kier molecular flexibility index (Phi) is 3.36. The monoisotopic (exact) mass is 272 g/mol. The van der Waals surface area contributed by atoms with Gasteiger partial charge < -0.3 is 4.74 Å². The number of allylic oxidation sites excluding steroid dienone is 2. The number of ether oxygens (including phenoxy) is 1. The second kappa shape index (κ2) is 4.85. The van der Waals surface area contributed by atoms with Crippen molar-refractivity contribution in [2.24, 2.45) is 0 Å². The van der Waals surface area contributed by atoms with Crippen LogP contribution in [-0.2, 0) is 4.79 Å². The summed E-state index contributed by atoms with van der Waals surface area (Å²) in [6, 6.07) is 2.67. The third-order valence-corrected chi connectivity index (χ3v) is 2.96. The van der Waals surface area contributed by atoms with Gasteiger partial charge in [-0.2, -0.15) is 0 Å². The van der Waals surface area contributed by atoms with Gasteiger partial charge in [0.15, 0.2) is 17.3 Å². The van der Waals surface area contributed by atoms with Crippen LogP contribution in [0.1, 0.15) is 51.8 Å². The maximum atomic E-state index is 12.1. The van der Waals surface area contributed by atoms with Crippen molar-refractivity contribution < 1.29 is 23.9 Å². The molecule has 1 aliphatic carbocycles. The zero-order valence-corrected chi connectivity index (χ0v) is 11.3. The minimum absolute atomic E-state index is 0.0372. The van der Waals surface area contributed by atoms with Gasteiger partial charge in [-0.15, -0.1) is 0 Å². The average Bonchev–Trinajstić information content (AvgIpc) is 2.34. The SMILES string of the molecule is CC(=O)Oc1cc(C(C)=O)cc2c1C(=O)C(C)=CC2=O. The number of benzene rings is 1. The summed E-state index contributed by atoms with van der Waals surface area (Å²) < 4.78 is 4.98. The molecule has 1 aliphatic rings. The van der Waals surface area contributed by atoms with Crippen LogP contribution in [0.15, 0.2) is 23.8 Å². The highest BCUT2D eigenvalue weighted by atomic mass is 16.5. The smallest absolute Gasteiger partial charge is 0.308 e. The highest BCUT2D eigenvalue weighted by molar-refractivity contribution is 6.26. The van der Waals surface area contributed by atoms with Crippen LogP contribution in [0.25, 0.3) is 0 Å². The zero-order chi connectivity index (χ0) is 15.0. The molecule has 0 spiro atoms. The second-order valence-electron chi connectivity index (χ2n) is 4.57. The molecular formula is C15H12O5. The molecule has 2 rings (SSSR count). The fourth-order valence-corrected chi connectivity index (χ4v) is 2.02. The number of hydrogen-bond acceptors (Lipinski definition) is 5. The first kappa shape index (κ1) is 13.9. The predicted molar refractivity (Wildman–Crippen MR) is 70.2 cm³/mol. The molecule has 0 heterocycles. The average molecular weight is 272 g/mol. The summed E-state index contributed by atoms with van der Waals surface area (Å²) in [7, 11) is 0. The Balaban J connectivity index is 2.75. The first-order chi connectivity index (χ1) is 9.31. The summed E-state index contributed by atoms with van der Waals surface area (Å²) in [4.78, 5) is 46.7. The van der Waals surface area contributed by atoms with Crippen molar-refractivity contribution in [2.45, 2.75) is 20.8 Å². The molecule has 0 amide bonds. The van der Waals surface area contributed by atoms with Gasteiger partial charge in [0.1, 0.15) is 5.75 Å². The lowest BCUT2D eigenvalue weighted by Crippen LogP contribution is -2.19. The minimum atomic E-state index is -0.625. The summed E-state index contributed by atoms with van der Waals surface area (Å²) in [6.07, 6.45) is 1.21.